The van der Waals surface area contributed by atoms with E-state index >= 15 is 0 Å². The van der Waals surface area contributed by atoms with Crippen LogP contribution in [-0.2, 0) is 17.5 Å². The van der Waals surface area contributed by atoms with Crippen molar-refractivity contribution >= 4 is 23.5 Å². The quantitative estimate of drug-likeness (QED) is 0.342. The van der Waals surface area contributed by atoms with Crippen LogP contribution in [-0.4, -0.2) is 52.8 Å². The summed E-state index contributed by atoms with van der Waals surface area (Å²) in [7, 11) is 1.57. The molecule has 2 saturated heterocycles. The fourth-order valence-electron chi connectivity index (χ4n) is 6.12. The van der Waals surface area contributed by atoms with E-state index in [2.05, 4.69) is 13.2 Å². The van der Waals surface area contributed by atoms with Gasteiger partial charge in [0.05, 0.1) is 23.1 Å². The van der Waals surface area contributed by atoms with Gasteiger partial charge in [-0.25, -0.2) is 4.79 Å². The van der Waals surface area contributed by atoms with Gasteiger partial charge in [0.1, 0.15) is 0 Å². The normalized spacial score (nSPS) is 20.5. The zero-order chi connectivity index (χ0) is 28.5. The van der Waals surface area contributed by atoms with E-state index in [9.17, 15) is 22.8 Å². The summed E-state index contributed by atoms with van der Waals surface area (Å²) in [6.07, 6.45) is 0.538. The number of carbonyl (C=O) groups excluding carboxylic acids is 2. The number of alkyl halides is 3. The van der Waals surface area contributed by atoms with Crippen molar-refractivity contribution in [3.8, 4) is 0 Å². The third-order valence-electron chi connectivity index (χ3n) is 7.85. The molecule has 4 rings (SSSR count). The van der Waals surface area contributed by atoms with Crippen LogP contribution >= 0.6 is 11.6 Å². The molecule has 5 nitrogen and oxygen atoms in total. The fourth-order valence-corrected chi connectivity index (χ4v) is 6.37. The molecular weight excluding hydrogens is 527 g/mol. The largest absolute Gasteiger partial charge is 0.416 e. The van der Waals surface area contributed by atoms with Gasteiger partial charge < -0.3 is 14.7 Å². The molecule has 208 valence electrons. The molecule has 0 N–H and O–H groups in total. The van der Waals surface area contributed by atoms with E-state index in [4.69, 9.17) is 11.6 Å². The summed E-state index contributed by atoms with van der Waals surface area (Å²) >= 11 is 5.98. The summed E-state index contributed by atoms with van der Waals surface area (Å²) in [6, 6.07) is 10.1. The summed E-state index contributed by atoms with van der Waals surface area (Å²) in [5.41, 5.74) is 0.699. The van der Waals surface area contributed by atoms with Crippen molar-refractivity contribution in [2.75, 3.05) is 20.1 Å². The van der Waals surface area contributed by atoms with Crippen molar-refractivity contribution in [3.63, 3.8) is 0 Å². The average molecular weight is 560 g/mol. The number of carbonyl (C=O) groups is 2. The lowest BCUT2D eigenvalue weighted by Crippen LogP contribution is -2.57. The zero-order valence-corrected chi connectivity index (χ0v) is 22.9. The van der Waals surface area contributed by atoms with E-state index in [1.165, 1.54) is 11.0 Å². The van der Waals surface area contributed by atoms with Gasteiger partial charge in [0.2, 0.25) is 5.91 Å². The van der Waals surface area contributed by atoms with Crippen molar-refractivity contribution in [2.24, 2.45) is 5.41 Å². The second-order valence-electron chi connectivity index (χ2n) is 10.5. The van der Waals surface area contributed by atoms with Crippen LogP contribution in [0.5, 0.6) is 0 Å². The number of halogens is 4. The van der Waals surface area contributed by atoms with Crippen LogP contribution in [0.3, 0.4) is 0 Å². The molecule has 2 fully saturated rings. The maximum atomic E-state index is 13.9. The number of hydrogen-bond acceptors (Lipinski definition) is 2. The fraction of sp³-hybridized carbons (Fsp3) is 0.400. The van der Waals surface area contributed by atoms with Crippen LogP contribution in [0.1, 0.15) is 47.6 Å². The van der Waals surface area contributed by atoms with Crippen LogP contribution in [0.2, 0.25) is 5.02 Å². The van der Waals surface area contributed by atoms with Crippen molar-refractivity contribution in [1.29, 1.82) is 0 Å². The lowest BCUT2D eigenvalue weighted by Gasteiger charge is -2.46. The Hall–Kier alpha value is -3.26. The van der Waals surface area contributed by atoms with Gasteiger partial charge in [0.25, 0.3) is 0 Å². The minimum absolute atomic E-state index is 0.0441. The monoisotopic (exact) mass is 559 g/mol. The molecule has 2 heterocycles. The number of rotatable bonds is 7. The molecule has 0 radical (unpaired) electrons. The van der Waals surface area contributed by atoms with Crippen molar-refractivity contribution in [2.45, 2.75) is 51.0 Å². The van der Waals surface area contributed by atoms with Crippen LogP contribution in [0, 0.1) is 12.3 Å². The molecular formula is C30H33ClF3N3O2. The van der Waals surface area contributed by atoms with Crippen molar-refractivity contribution in [1.82, 2.24) is 14.7 Å². The molecule has 2 aromatic carbocycles. The summed E-state index contributed by atoms with van der Waals surface area (Å²) < 4.78 is 40.0. The molecule has 3 amide bonds. The minimum atomic E-state index is -4.55. The smallest absolute Gasteiger partial charge is 0.335 e. The Balaban J connectivity index is 1.68. The van der Waals surface area contributed by atoms with E-state index in [0.29, 0.717) is 32.4 Å². The summed E-state index contributed by atoms with van der Waals surface area (Å²) in [5, 5.41) is -0.0441. The van der Waals surface area contributed by atoms with Crippen molar-refractivity contribution < 1.29 is 22.8 Å². The first-order chi connectivity index (χ1) is 18.4. The van der Waals surface area contributed by atoms with Gasteiger partial charge in [-0.1, -0.05) is 48.0 Å². The van der Waals surface area contributed by atoms with Gasteiger partial charge >= 0.3 is 12.2 Å². The van der Waals surface area contributed by atoms with Gasteiger partial charge in [0.15, 0.2) is 0 Å². The maximum Gasteiger partial charge on any atom is 0.416 e. The SMILES string of the molecule is C=CCC1(CC=C)CC2C(c3ccccc3C)N(C(=O)N(C)Cc3cc(Cl)cc(C(F)(F)F)c3)CCN2C1=O. The molecule has 0 aliphatic carbocycles. The molecule has 2 unspecified atom stereocenters. The highest BCUT2D eigenvalue weighted by Crippen LogP contribution is 2.49. The van der Waals surface area contributed by atoms with E-state index in [-0.39, 0.29) is 35.1 Å². The van der Waals surface area contributed by atoms with Gasteiger partial charge in [-0.15, -0.1) is 13.2 Å². The van der Waals surface area contributed by atoms with E-state index < -0.39 is 23.2 Å². The number of aryl methyl sites for hydroxylation is 1. The molecule has 2 atom stereocenters. The first kappa shape index (κ1) is 28.7. The molecule has 0 saturated carbocycles. The van der Waals surface area contributed by atoms with Crippen LogP contribution in [0.15, 0.2) is 67.8 Å². The first-order valence-corrected chi connectivity index (χ1v) is 13.3. The highest BCUT2D eigenvalue weighted by atomic mass is 35.5. The van der Waals surface area contributed by atoms with E-state index in [0.717, 1.165) is 23.3 Å². The van der Waals surface area contributed by atoms with Crippen molar-refractivity contribution in [3.05, 3.63) is 95.1 Å². The molecule has 0 spiro atoms. The molecule has 2 aliphatic heterocycles. The highest BCUT2D eigenvalue weighted by Gasteiger charge is 2.56. The summed E-state index contributed by atoms with van der Waals surface area (Å²) in [6.45, 7) is 10.3. The van der Waals surface area contributed by atoms with Gasteiger partial charge in [-0.2, -0.15) is 13.2 Å². The Morgan fingerprint density at radius 1 is 1.15 bits per heavy atom. The molecule has 0 bridgehead atoms. The van der Waals surface area contributed by atoms with E-state index in [1.807, 2.05) is 36.1 Å². The molecule has 0 aromatic heterocycles. The number of hydrogen-bond donors (Lipinski definition) is 0. The molecule has 2 aliphatic rings. The lowest BCUT2D eigenvalue weighted by atomic mass is 9.76. The Labute approximate surface area is 232 Å². The topological polar surface area (TPSA) is 43.9 Å². The molecule has 39 heavy (non-hydrogen) atoms. The maximum absolute atomic E-state index is 13.9. The third-order valence-corrected chi connectivity index (χ3v) is 8.07. The lowest BCUT2D eigenvalue weighted by molar-refractivity contribution is -0.139. The summed E-state index contributed by atoms with van der Waals surface area (Å²) in [4.78, 5) is 32.7. The van der Waals surface area contributed by atoms with Gasteiger partial charge in [-0.05, 0) is 61.1 Å². The second-order valence-corrected chi connectivity index (χ2v) is 11.0. The number of fused-ring (bicyclic) bond motifs is 1. The number of benzene rings is 2. The van der Waals surface area contributed by atoms with Gasteiger partial charge in [0, 0.05) is 31.7 Å². The zero-order valence-electron chi connectivity index (χ0n) is 22.2. The Morgan fingerprint density at radius 2 is 1.82 bits per heavy atom. The Morgan fingerprint density at radius 3 is 2.44 bits per heavy atom. The minimum Gasteiger partial charge on any atom is -0.335 e. The van der Waals surface area contributed by atoms with E-state index in [1.54, 1.807) is 24.1 Å². The number of piperazine rings is 1. The number of amides is 3. The number of nitrogens with zero attached hydrogens (tertiary/aromatic N) is 3. The first-order valence-electron chi connectivity index (χ1n) is 12.9. The van der Waals surface area contributed by atoms with Gasteiger partial charge in [-0.3, -0.25) is 4.79 Å². The highest BCUT2D eigenvalue weighted by molar-refractivity contribution is 6.30. The standard InChI is InChI=1S/C30H33ClF3N3O2/c1-5-11-29(12-6-2)18-25-26(24-10-8-7-9-20(24)3)37(14-13-36(25)27(29)38)28(39)35(4)19-21-15-22(30(32,33)34)17-23(31)16-21/h5-10,15-17,25-26H,1-2,11-14,18-19H2,3-4H3. The third kappa shape index (κ3) is 5.57. The summed E-state index contributed by atoms with van der Waals surface area (Å²) in [5.74, 6) is 0.0462. The predicted molar refractivity (Wildman–Crippen MR) is 146 cm³/mol. The molecule has 9 heteroatoms. The number of allylic oxidation sites excluding steroid dienone is 2. The second kappa shape index (κ2) is 11.1. The Kier molecular flexibility index (Phi) is 8.17. The van der Waals surface area contributed by atoms with Crippen LogP contribution in [0.25, 0.3) is 0 Å². The predicted octanol–water partition coefficient (Wildman–Crippen LogP) is 7.02. The number of urea groups is 1. The Bertz CT molecular complexity index is 1270. The average Bonchev–Trinajstić information content (AvgIpc) is 3.14. The molecule has 2 aromatic rings. The van der Waals surface area contributed by atoms with Crippen LogP contribution < -0.4 is 0 Å². The van der Waals surface area contributed by atoms with Crippen LogP contribution in [0.4, 0.5) is 18.0 Å².